The molecule has 0 aliphatic heterocycles. The number of nitrogens with zero attached hydrogens (tertiary/aromatic N) is 2. The minimum absolute atomic E-state index is 0.0304. The molecule has 0 atom stereocenters. The van der Waals surface area contributed by atoms with Crippen molar-refractivity contribution in [2.75, 3.05) is 12.3 Å². The molecule has 3 aromatic carbocycles. The van der Waals surface area contributed by atoms with Gasteiger partial charge in [0.05, 0.1) is 16.6 Å². The molecule has 1 amide bonds. The highest BCUT2D eigenvalue weighted by Crippen LogP contribution is 2.24. The van der Waals surface area contributed by atoms with Crippen LogP contribution in [-0.4, -0.2) is 27.8 Å². The first-order chi connectivity index (χ1) is 17.4. The van der Waals surface area contributed by atoms with Gasteiger partial charge in [0, 0.05) is 28.8 Å². The summed E-state index contributed by atoms with van der Waals surface area (Å²) in [5.41, 5.74) is 1.36. The molecule has 9 heteroatoms. The molecule has 0 aliphatic carbocycles. The predicted octanol–water partition coefficient (Wildman–Crippen LogP) is 6.45. The number of carbonyl (C=O) groups is 1. The Morgan fingerprint density at radius 3 is 2.61 bits per heavy atom. The lowest BCUT2D eigenvalue weighted by atomic mass is 10.1. The van der Waals surface area contributed by atoms with E-state index in [4.69, 9.17) is 23.2 Å². The Hall–Kier alpha value is -2.87. The summed E-state index contributed by atoms with van der Waals surface area (Å²) in [6, 6.07) is 18.5. The summed E-state index contributed by atoms with van der Waals surface area (Å²) >= 11 is 13.5. The number of unbranched alkanes of at least 4 members (excludes halogenated alkanes) is 1. The minimum atomic E-state index is -0.491. The van der Waals surface area contributed by atoms with Gasteiger partial charge in [0.1, 0.15) is 5.82 Å². The molecule has 0 saturated carbocycles. The number of benzene rings is 3. The van der Waals surface area contributed by atoms with Crippen LogP contribution in [0, 0.1) is 5.82 Å². The molecule has 0 unspecified atom stereocenters. The van der Waals surface area contributed by atoms with Gasteiger partial charge in [-0.1, -0.05) is 65.3 Å². The van der Waals surface area contributed by atoms with Crippen LogP contribution in [0.1, 0.15) is 24.8 Å². The molecule has 4 rings (SSSR count). The summed E-state index contributed by atoms with van der Waals surface area (Å²) in [5, 5.41) is 4.93. The lowest BCUT2D eigenvalue weighted by Gasteiger charge is -2.13. The van der Waals surface area contributed by atoms with Gasteiger partial charge in [0.25, 0.3) is 5.56 Å². The van der Waals surface area contributed by atoms with Gasteiger partial charge >= 0.3 is 0 Å². The van der Waals surface area contributed by atoms with Crippen molar-refractivity contribution >= 4 is 51.8 Å². The molecule has 0 fully saturated rings. The number of rotatable bonds is 10. The van der Waals surface area contributed by atoms with Crippen LogP contribution in [0.3, 0.4) is 0 Å². The standard InChI is InChI=1S/C27H24Cl2FN3O2S/c28-19-13-12-18(21(29)17-19)14-15-31-25(34)11-5-6-16-36-27-32-23-9-3-1-7-20(23)26(35)33(27)24-10-4-2-8-22(24)30/h1-4,7-10,12-13,17H,5-6,11,14-16H2,(H,31,34). The Labute approximate surface area is 222 Å². The smallest absolute Gasteiger partial charge is 0.266 e. The van der Waals surface area contributed by atoms with Gasteiger partial charge in [-0.15, -0.1) is 0 Å². The average Bonchev–Trinajstić information content (AvgIpc) is 2.86. The van der Waals surface area contributed by atoms with E-state index in [1.54, 1.807) is 48.5 Å². The fourth-order valence-electron chi connectivity index (χ4n) is 3.76. The summed E-state index contributed by atoms with van der Waals surface area (Å²) in [4.78, 5) is 30.0. The molecule has 0 radical (unpaired) electrons. The van der Waals surface area contributed by atoms with E-state index in [0.29, 0.717) is 57.7 Å². The predicted molar refractivity (Wildman–Crippen MR) is 145 cm³/mol. The molecule has 4 aromatic rings. The number of hydrogen-bond donors (Lipinski definition) is 1. The van der Waals surface area contributed by atoms with Gasteiger partial charge in [0.15, 0.2) is 5.16 Å². The monoisotopic (exact) mass is 543 g/mol. The number of para-hydroxylation sites is 2. The van der Waals surface area contributed by atoms with Crippen molar-refractivity contribution < 1.29 is 9.18 Å². The molecular formula is C27H24Cl2FN3O2S. The number of thioether (sulfide) groups is 1. The molecule has 0 saturated heterocycles. The topological polar surface area (TPSA) is 64.0 Å². The van der Waals surface area contributed by atoms with Crippen LogP contribution in [0.15, 0.2) is 76.7 Å². The fourth-order valence-corrected chi connectivity index (χ4v) is 5.26. The SMILES string of the molecule is O=C(CCCCSc1nc2ccccc2c(=O)n1-c1ccccc1F)NCCc1ccc(Cl)cc1Cl. The van der Waals surface area contributed by atoms with E-state index in [1.165, 1.54) is 22.4 Å². The zero-order valence-corrected chi connectivity index (χ0v) is 21.7. The van der Waals surface area contributed by atoms with Crippen LogP contribution >= 0.6 is 35.0 Å². The van der Waals surface area contributed by atoms with Gasteiger partial charge < -0.3 is 5.32 Å². The molecule has 1 aromatic heterocycles. The average molecular weight is 544 g/mol. The summed E-state index contributed by atoms with van der Waals surface area (Å²) in [5.74, 6) is 0.111. The first-order valence-electron chi connectivity index (χ1n) is 11.5. The Morgan fingerprint density at radius 2 is 1.81 bits per heavy atom. The summed E-state index contributed by atoms with van der Waals surface area (Å²) in [7, 11) is 0. The summed E-state index contributed by atoms with van der Waals surface area (Å²) in [6.07, 6.45) is 2.43. The number of amides is 1. The largest absolute Gasteiger partial charge is 0.356 e. The van der Waals surface area contributed by atoms with E-state index in [9.17, 15) is 14.0 Å². The third kappa shape index (κ3) is 6.46. The van der Waals surface area contributed by atoms with Crippen LogP contribution in [0.4, 0.5) is 4.39 Å². The fraction of sp³-hybridized carbons (Fsp3) is 0.222. The van der Waals surface area contributed by atoms with E-state index in [0.717, 1.165) is 12.0 Å². The number of aromatic nitrogens is 2. The maximum atomic E-state index is 14.6. The van der Waals surface area contributed by atoms with Crippen LogP contribution in [-0.2, 0) is 11.2 Å². The molecule has 1 N–H and O–H groups in total. The normalized spacial score (nSPS) is 11.1. The van der Waals surface area contributed by atoms with Crippen molar-refractivity contribution in [2.24, 2.45) is 0 Å². The third-order valence-corrected chi connectivity index (χ3v) is 7.21. The molecule has 36 heavy (non-hydrogen) atoms. The van der Waals surface area contributed by atoms with Crippen molar-refractivity contribution in [1.82, 2.24) is 14.9 Å². The van der Waals surface area contributed by atoms with Crippen molar-refractivity contribution in [2.45, 2.75) is 30.8 Å². The van der Waals surface area contributed by atoms with Crippen LogP contribution in [0.2, 0.25) is 10.0 Å². The lowest BCUT2D eigenvalue weighted by Crippen LogP contribution is -2.25. The molecule has 1 heterocycles. The highest BCUT2D eigenvalue weighted by atomic mass is 35.5. The second kappa shape index (κ2) is 12.4. The Morgan fingerprint density at radius 1 is 1.03 bits per heavy atom. The van der Waals surface area contributed by atoms with Crippen molar-refractivity contribution in [3.8, 4) is 5.69 Å². The first-order valence-corrected chi connectivity index (χ1v) is 13.3. The number of nitrogens with one attached hydrogen (secondary N) is 1. The lowest BCUT2D eigenvalue weighted by molar-refractivity contribution is -0.121. The number of hydrogen-bond acceptors (Lipinski definition) is 4. The molecule has 5 nitrogen and oxygen atoms in total. The van der Waals surface area contributed by atoms with Crippen molar-refractivity contribution in [1.29, 1.82) is 0 Å². The van der Waals surface area contributed by atoms with E-state index in [1.807, 2.05) is 12.1 Å². The van der Waals surface area contributed by atoms with E-state index >= 15 is 0 Å². The second-order valence-corrected chi connectivity index (χ2v) is 10.1. The first kappa shape index (κ1) is 26.2. The Bertz CT molecular complexity index is 1440. The molecule has 0 bridgehead atoms. The molecular weight excluding hydrogens is 520 g/mol. The Balaban J connectivity index is 1.33. The van der Waals surface area contributed by atoms with Gasteiger partial charge in [-0.2, -0.15) is 0 Å². The van der Waals surface area contributed by atoms with E-state index in [2.05, 4.69) is 10.3 Å². The quantitative estimate of drug-likeness (QED) is 0.142. The highest BCUT2D eigenvalue weighted by molar-refractivity contribution is 7.99. The van der Waals surface area contributed by atoms with Crippen molar-refractivity contribution in [3.63, 3.8) is 0 Å². The van der Waals surface area contributed by atoms with Crippen LogP contribution in [0.25, 0.3) is 16.6 Å². The van der Waals surface area contributed by atoms with E-state index in [-0.39, 0.29) is 17.2 Å². The maximum Gasteiger partial charge on any atom is 0.266 e. The maximum absolute atomic E-state index is 14.6. The van der Waals surface area contributed by atoms with Gasteiger partial charge in [-0.05, 0) is 61.2 Å². The number of halogens is 3. The third-order valence-electron chi connectivity index (χ3n) is 5.60. The highest BCUT2D eigenvalue weighted by Gasteiger charge is 2.15. The summed E-state index contributed by atoms with van der Waals surface area (Å²) < 4.78 is 15.9. The number of fused-ring (bicyclic) bond motifs is 1. The van der Waals surface area contributed by atoms with Gasteiger partial charge in [-0.3, -0.25) is 14.2 Å². The second-order valence-electron chi connectivity index (χ2n) is 8.14. The zero-order valence-electron chi connectivity index (χ0n) is 19.3. The minimum Gasteiger partial charge on any atom is -0.356 e. The van der Waals surface area contributed by atoms with Gasteiger partial charge in [-0.25, -0.2) is 9.37 Å². The molecule has 0 spiro atoms. The summed E-state index contributed by atoms with van der Waals surface area (Å²) in [6.45, 7) is 0.491. The van der Waals surface area contributed by atoms with Crippen LogP contribution in [0.5, 0.6) is 0 Å². The zero-order chi connectivity index (χ0) is 25.5. The van der Waals surface area contributed by atoms with Crippen LogP contribution < -0.4 is 10.9 Å². The van der Waals surface area contributed by atoms with E-state index < -0.39 is 5.82 Å². The van der Waals surface area contributed by atoms with Gasteiger partial charge in [0.2, 0.25) is 5.91 Å². The Kier molecular flexibility index (Phi) is 9.02. The molecule has 0 aliphatic rings. The molecule has 186 valence electrons. The number of carbonyl (C=O) groups excluding carboxylic acids is 1. The van der Waals surface area contributed by atoms with Crippen molar-refractivity contribution in [3.05, 3.63) is 98.5 Å².